The molecule has 0 unspecified atom stereocenters. The minimum absolute atomic E-state index is 0. The molecule has 1 rings (SSSR count). The Morgan fingerprint density at radius 2 is 1.59 bits per heavy atom. The molecule has 0 saturated carbocycles. The molecule has 0 radical (unpaired) electrons. The van der Waals surface area contributed by atoms with Gasteiger partial charge in [0.2, 0.25) is 0 Å². The molecule has 5 nitrogen and oxygen atoms in total. The molecule has 1 aromatic carbocycles. The summed E-state index contributed by atoms with van der Waals surface area (Å²) in [7, 11) is 0. The highest BCUT2D eigenvalue weighted by atomic mass is 35.5. The van der Waals surface area contributed by atoms with Gasteiger partial charge in [-0.05, 0) is 19.4 Å². The van der Waals surface area contributed by atoms with E-state index in [2.05, 4.69) is 0 Å². The Hall–Kier alpha value is -1.17. The van der Waals surface area contributed by atoms with Crippen LogP contribution >= 0.6 is 12.4 Å². The van der Waals surface area contributed by atoms with Crippen molar-refractivity contribution in [2.24, 2.45) is 11.5 Å². The van der Waals surface area contributed by atoms with Crippen LogP contribution in [0.1, 0.15) is 30.9 Å². The second kappa shape index (κ2) is 7.21. The van der Waals surface area contributed by atoms with Crippen molar-refractivity contribution in [1.29, 1.82) is 0 Å². The molecule has 0 aliphatic heterocycles. The van der Waals surface area contributed by atoms with E-state index in [0.29, 0.717) is 13.0 Å². The van der Waals surface area contributed by atoms with Gasteiger partial charge in [-0.2, -0.15) is 0 Å². The van der Waals surface area contributed by atoms with E-state index in [1.54, 1.807) is 0 Å². The zero-order valence-electron chi connectivity index (χ0n) is 9.47. The Balaban J connectivity index is 0.00000256. The molecule has 0 heterocycles. The van der Waals surface area contributed by atoms with Crippen molar-refractivity contribution in [1.82, 2.24) is 0 Å². The Labute approximate surface area is 106 Å². The Morgan fingerprint density at radius 3 is 2.06 bits per heavy atom. The van der Waals surface area contributed by atoms with Crippen molar-refractivity contribution in [3.8, 4) is 17.2 Å². The normalized spacial score (nSPS) is 11.9. The van der Waals surface area contributed by atoms with Crippen LogP contribution in [0.3, 0.4) is 0 Å². The van der Waals surface area contributed by atoms with Gasteiger partial charge in [-0.1, -0.05) is 6.42 Å². The van der Waals surface area contributed by atoms with E-state index >= 15 is 0 Å². The van der Waals surface area contributed by atoms with E-state index in [0.717, 1.165) is 25.0 Å². The minimum Gasteiger partial charge on any atom is -0.508 e. The van der Waals surface area contributed by atoms with Gasteiger partial charge in [0.15, 0.2) is 0 Å². The topological polar surface area (TPSA) is 113 Å². The smallest absolute Gasteiger partial charge is 0.127 e. The summed E-state index contributed by atoms with van der Waals surface area (Å²) in [6.45, 7) is 0.597. The van der Waals surface area contributed by atoms with Gasteiger partial charge in [-0.15, -0.1) is 12.4 Å². The summed E-state index contributed by atoms with van der Waals surface area (Å²) in [5.74, 6) is -0.552. The lowest BCUT2D eigenvalue weighted by molar-refractivity contribution is 0.407. The van der Waals surface area contributed by atoms with Crippen molar-refractivity contribution in [3.05, 3.63) is 17.7 Å². The molecular weight excluding hydrogens is 244 g/mol. The molecule has 0 fully saturated rings. The Kier molecular flexibility index (Phi) is 6.72. The van der Waals surface area contributed by atoms with Crippen molar-refractivity contribution in [2.45, 2.75) is 25.3 Å². The molecule has 1 atom stereocenters. The first-order chi connectivity index (χ1) is 7.56. The van der Waals surface area contributed by atoms with Gasteiger partial charge in [-0.3, -0.25) is 0 Å². The maximum atomic E-state index is 9.57. The van der Waals surface area contributed by atoms with Crippen molar-refractivity contribution < 1.29 is 15.3 Å². The molecule has 0 aliphatic carbocycles. The van der Waals surface area contributed by atoms with Crippen molar-refractivity contribution in [2.75, 3.05) is 6.54 Å². The third-order valence-electron chi connectivity index (χ3n) is 2.46. The van der Waals surface area contributed by atoms with E-state index in [1.165, 1.54) is 0 Å². The molecule has 0 bridgehead atoms. The summed E-state index contributed by atoms with van der Waals surface area (Å²) in [6, 6.07) is 1.88. The highest BCUT2D eigenvalue weighted by Gasteiger charge is 2.16. The molecule has 0 aromatic heterocycles. The van der Waals surface area contributed by atoms with E-state index in [1.807, 2.05) is 0 Å². The van der Waals surface area contributed by atoms with Gasteiger partial charge in [0.05, 0.1) is 5.56 Å². The van der Waals surface area contributed by atoms with Gasteiger partial charge in [0, 0.05) is 18.2 Å². The average molecular weight is 263 g/mol. The van der Waals surface area contributed by atoms with E-state index in [4.69, 9.17) is 16.6 Å². The van der Waals surface area contributed by atoms with Crippen LogP contribution in [0.15, 0.2) is 12.1 Å². The van der Waals surface area contributed by atoms with E-state index in [-0.39, 0.29) is 35.2 Å². The number of benzene rings is 1. The number of hydrogen-bond acceptors (Lipinski definition) is 5. The summed E-state index contributed by atoms with van der Waals surface area (Å²) in [5.41, 5.74) is 11.5. The second-order valence-corrected chi connectivity index (χ2v) is 3.79. The average Bonchev–Trinajstić information content (AvgIpc) is 2.16. The van der Waals surface area contributed by atoms with Crippen LogP contribution in [0.25, 0.3) is 0 Å². The van der Waals surface area contributed by atoms with Crippen LogP contribution in [-0.4, -0.2) is 21.9 Å². The molecule has 6 heteroatoms. The van der Waals surface area contributed by atoms with Crippen LogP contribution in [-0.2, 0) is 0 Å². The van der Waals surface area contributed by atoms with Crippen LogP contribution in [0, 0.1) is 0 Å². The van der Waals surface area contributed by atoms with Gasteiger partial charge in [0.1, 0.15) is 17.2 Å². The molecule has 0 aliphatic rings. The molecule has 0 saturated heterocycles. The van der Waals surface area contributed by atoms with Gasteiger partial charge >= 0.3 is 0 Å². The predicted molar refractivity (Wildman–Crippen MR) is 68.5 cm³/mol. The number of aromatic hydroxyl groups is 3. The fraction of sp³-hybridized carbons (Fsp3) is 0.455. The number of unbranched alkanes of at least 4 members (excludes halogenated alkanes) is 1. The minimum atomic E-state index is -0.452. The maximum absolute atomic E-state index is 9.57. The Bertz CT molecular complexity index is 338. The molecular formula is C11H19ClN2O3. The highest BCUT2D eigenvalue weighted by molar-refractivity contribution is 5.85. The largest absolute Gasteiger partial charge is 0.508 e. The highest BCUT2D eigenvalue weighted by Crippen LogP contribution is 2.37. The summed E-state index contributed by atoms with van der Waals surface area (Å²) >= 11 is 0. The Morgan fingerprint density at radius 1 is 1.06 bits per heavy atom. The number of phenols is 3. The van der Waals surface area contributed by atoms with Crippen molar-refractivity contribution in [3.63, 3.8) is 0 Å². The molecule has 1 aromatic rings. The van der Waals surface area contributed by atoms with Crippen LogP contribution in [0.5, 0.6) is 17.2 Å². The van der Waals surface area contributed by atoms with Gasteiger partial charge < -0.3 is 26.8 Å². The number of hydrogen-bond donors (Lipinski definition) is 5. The first-order valence-electron chi connectivity index (χ1n) is 5.26. The summed E-state index contributed by atoms with van der Waals surface area (Å²) in [4.78, 5) is 0. The maximum Gasteiger partial charge on any atom is 0.127 e. The third kappa shape index (κ3) is 4.30. The lowest BCUT2D eigenvalue weighted by atomic mass is 9.99. The number of phenolic OH excluding ortho intramolecular Hbond substituents is 3. The predicted octanol–water partition coefficient (Wildman–Crippen LogP) is 1.35. The van der Waals surface area contributed by atoms with Crippen molar-refractivity contribution >= 4 is 12.4 Å². The number of rotatable bonds is 5. The fourth-order valence-electron chi connectivity index (χ4n) is 1.64. The molecule has 0 amide bonds. The SMILES string of the molecule is Cl.NCCCC[C@H](N)c1c(O)cc(O)cc1O. The lowest BCUT2D eigenvalue weighted by Crippen LogP contribution is -2.11. The van der Waals surface area contributed by atoms with E-state index in [9.17, 15) is 10.2 Å². The molecule has 98 valence electrons. The number of nitrogens with two attached hydrogens (primary N) is 2. The quantitative estimate of drug-likeness (QED) is 0.514. The van der Waals surface area contributed by atoms with Crippen LogP contribution < -0.4 is 11.5 Å². The fourth-order valence-corrected chi connectivity index (χ4v) is 1.64. The van der Waals surface area contributed by atoms with E-state index < -0.39 is 6.04 Å². The number of halogens is 1. The second-order valence-electron chi connectivity index (χ2n) is 3.79. The summed E-state index contributed by atoms with van der Waals surface area (Å²) < 4.78 is 0. The lowest BCUT2D eigenvalue weighted by Gasteiger charge is -2.15. The first-order valence-corrected chi connectivity index (χ1v) is 5.26. The zero-order valence-corrected chi connectivity index (χ0v) is 10.3. The van der Waals surface area contributed by atoms with Crippen LogP contribution in [0.4, 0.5) is 0 Å². The first kappa shape index (κ1) is 15.8. The molecule has 17 heavy (non-hydrogen) atoms. The summed E-state index contributed by atoms with van der Waals surface area (Å²) in [5, 5.41) is 28.3. The van der Waals surface area contributed by atoms with Crippen LogP contribution in [0.2, 0.25) is 0 Å². The molecule has 0 spiro atoms. The standard InChI is InChI=1S/C11H18N2O3.ClH/c12-4-2-1-3-8(13)11-9(15)5-7(14)6-10(11)16;/h5-6,8,14-16H,1-4,12-13H2;1H/t8-;/m0./s1. The zero-order chi connectivity index (χ0) is 12.1. The summed E-state index contributed by atoms with van der Waals surface area (Å²) in [6.07, 6.45) is 2.31. The third-order valence-corrected chi connectivity index (χ3v) is 2.46. The van der Waals surface area contributed by atoms with Gasteiger partial charge in [-0.25, -0.2) is 0 Å². The molecule has 7 N–H and O–H groups in total. The van der Waals surface area contributed by atoms with Gasteiger partial charge in [0.25, 0.3) is 0 Å². The monoisotopic (exact) mass is 262 g/mol.